The molecule has 3 aromatic rings. The lowest BCUT2D eigenvalue weighted by molar-refractivity contribution is -0.384. The molecular weight excluding hydrogens is 522 g/mol. The van der Waals surface area contributed by atoms with Gasteiger partial charge in [0.2, 0.25) is 5.91 Å². The van der Waals surface area contributed by atoms with Crippen LogP contribution in [0, 0.1) is 16.0 Å². The van der Waals surface area contributed by atoms with E-state index in [4.69, 9.17) is 9.57 Å². The number of anilines is 2. The molecule has 2 fully saturated rings. The first-order valence-electron chi connectivity index (χ1n) is 12.9. The number of hydrogen-bond donors (Lipinski definition) is 0. The Balaban J connectivity index is 1.43. The van der Waals surface area contributed by atoms with E-state index in [9.17, 15) is 24.5 Å². The molecule has 2 aromatic carbocycles. The van der Waals surface area contributed by atoms with Crippen molar-refractivity contribution in [3.63, 3.8) is 0 Å². The van der Waals surface area contributed by atoms with Crippen LogP contribution in [0.2, 0.25) is 0 Å². The predicted octanol–water partition coefficient (Wildman–Crippen LogP) is 4.76. The van der Waals surface area contributed by atoms with Gasteiger partial charge >= 0.3 is 5.97 Å². The lowest BCUT2D eigenvalue weighted by atomic mass is 9.90. The van der Waals surface area contributed by atoms with Crippen LogP contribution < -0.4 is 9.96 Å². The number of amides is 2. The smallest absolute Gasteiger partial charge is 0.341 e. The number of hydroxylamine groups is 1. The average molecular weight is 548 g/mol. The fourth-order valence-corrected chi connectivity index (χ4v) is 7.06. The summed E-state index contributed by atoms with van der Waals surface area (Å²) in [6.45, 7) is 1.89. The second kappa shape index (κ2) is 9.90. The summed E-state index contributed by atoms with van der Waals surface area (Å²) in [6, 6.07) is 14.3. The molecule has 200 valence electrons. The molecule has 0 spiro atoms. The Morgan fingerprint density at radius 2 is 1.79 bits per heavy atom. The van der Waals surface area contributed by atoms with Gasteiger partial charge in [0.1, 0.15) is 10.9 Å². The van der Waals surface area contributed by atoms with Crippen LogP contribution >= 0.6 is 11.3 Å². The number of rotatable bonds is 6. The number of carbonyl (C=O) groups excluding carboxylic acids is 3. The van der Waals surface area contributed by atoms with E-state index in [1.165, 1.54) is 28.5 Å². The van der Waals surface area contributed by atoms with Crippen molar-refractivity contribution >= 4 is 45.5 Å². The molecule has 0 saturated carbocycles. The largest absolute Gasteiger partial charge is 0.462 e. The molecule has 0 unspecified atom stereocenters. The highest BCUT2D eigenvalue weighted by molar-refractivity contribution is 7.17. The molecule has 2 amide bonds. The Labute approximate surface area is 227 Å². The van der Waals surface area contributed by atoms with Gasteiger partial charge in [-0.2, -0.15) is 0 Å². The molecule has 0 radical (unpaired) electrons. The van der Waals surface area contributed by atoms with Crippen LogP contribution in [0.5, 0.6) is 0 Å². The van der Waals surface area contributed by atoms with E-state index in [0.717, 1.165) is 34.6 Å². The first kappa shape index (κ1) is 25.2. The summed E-state index contributed by atoms with van der Waals surface area (Å²) >= 11 is 1.30. The minimum absolute atomic E-state index is 0.0841. The number of nitrogens with zero attached hydrogens (tertiary/aromatic N) is 3. The van der Waals surface area contributed by atoms with E-state index in [0.29, 0.717) is 28.2 Å². The molecule has 1 aliphatic carbocycles. The van der Waals surface area contributed by atoms with Gasteiger partial charge in [-0.25, -0.2) is 14.8 Å². The number of nitro groups is 1. The number of thiophene rings is 1. The van der Waals surface area contributed by atoms with Crippen molar-refractivity contribution in [1.29, 1.82) is 0 Å². The molecule has 3 heterocycles. The zero-order valence-corrected chi connectivity index (χ0v) is 21.9. The molecule has 3 aliphatic rings. The first-order valence-corrected chi connectivity index (χ1v) is 13.7. The molecule has 3 atom stereocenters. The van der Waals surface area contributed by atoms with Gasteiger partial charge in [0.05, 0.1) is 28.8 Å². The topological polar surface area (TPSA) is 119 Å². The van der Waals surface area contributed by atoms with Crippen LogP contribution in [0.3, 0.4) is 0 Å². The normalized spacial score (nSPS) is 22.1. The van der Waals surface area contributed by atoms with Crippen molar-refractivity contribution in [2.24, 2.45) is 5.92 Å². The van der Waals surface area contributed by atoms with Gasteiger partial charge in [-0.3, -0.25) is 24.5 Å². The Kier molecular flexibility index (Phi) is 6.40. The van der Waals surface area contributed by atoms with Crippen LogP contribution in [0.15, 0.2) is 54.6 Å². The van der Waals surface area contributed by atoms with Gasteiger partial charge < -0.3 is 4.74 Å². The highest BCUT2D eigenvalue weighted by Crippen LogP contribution is 2.50. The van der Waals surface area contributed by atoms with Crippen molar-refractivity contribution < 1.29 is 28.9 Å². The highest BCUT2D eigenvalue weighted by atomic mass is 32.1. The van der Waals surface area contributed by atoms with Gasteiger partial charge in [-0.15, -0.1) is 11.3 Å². The number of hydrogen-bond acceptors (Lipinski definition) is 9. The predicted molar refractivity (Wildman–Crippen MR) is 143 cm³/mol. The summed E-state index contributed by atoms with van der Waals surface area (Å²) in [5, 5.41) is 13.1. The SMILES string of the molecule is CCOC(=O)c1c(N2C(=O)[C@H]3[C@@H](c4ccc([N+](=O)[O-])cc4)N(c4ccccc4)O[C@H]3C2=O)sc2c1CCCC2. The number of fused-ring (bicyclic) bond motifs is 2. The van der Waals surface area contributed by atoms with Crippen LogP contribution in [0.4, 0.5) is 16.4 Å². The maximum Gasteiger partial charge on any atom is 0.341 e. The number of benzene rings is 2. The van der Waals surface area contributed by atoms with E-state index in [1.807, 2.05) is 18.2 Å². The van der Waals surface area contributed by atoms with E-state index < -0.39 is 40.8 Å². The van der Waals surface area contributed by atoms with Crippen LogP contribution in [0.1, 0.15) is 52.2 Å². The molecule has 0 bridgehead atoms. The Morgan fingerprint density at radius 3 is 2.49 bits per heavy atom. The molecule has 0 N–H and O–H groups in total. The average Bonchev–Trinajstić information content (AvgIpc) is 3.59. The van der Waals surface area contributed by atoms with E-state index in [-0.39, 0.29) is 12.3 Å². The molecule has 11 heteroatoms. The standard InChI is InChI=1S/C28H25N3O7S/c1-2-37-28(34)21-19-10-6-7-11-20(19)39-27(21)29-25(32)22-23(16-12-14-18(15-13-16)31(35)36)30(38-24(22)26(29)33)17-8-4-3-5-9-17/h3-5,8-9,12-15,22-24H,2,6-7,10-11H2,1H3/t22-,23+,24+/m0/s1. The maximum atomic E-state index is 14.1. The molecule has 6 rings (SSSR count). The lowest BCUT2D eigenvalue weighted by Crippen LogP contribution is -2.37. The number of esters is 1. The number of para-hydroxylation sites is 1. The summed E-state index contributed by atoms with van der Waals surface area (Å²) in [4.78, 5) is 60.1. The third-order valence-corrected chi connectivity index (χ3v) is 8.68. The summed E-state index contributed by atoms with van der Waals surface area (Å²) in [5.74, 6) is -2.48. The summed E-state index contributed by atoms with van der Waals surface area (Å²) in [7, 11) is 0. The molecule has 2 aliphatic heterocycles. The lowest BCUT2D eigenvalue weighted by Gasteiger charge is -2.28. The van der Waals surface area contributed by atoms with Crippen molar-refractivity contribution in [2.45, 2.75) is 44.8 Å². The van der Waals surface area contributed by atoms with Crippen molar-refractivity contribution in [3.8, 4) is 0 Å². The Hall–Kier alpha value is -4.09. The second-order valence-electron chi connectivity index (χ2n) is 9.63. The molecule has 39 heavy (non-hydrogen) atoms. The van der Waals surface area contributed by atoms with Crippen LogP contribution in [-0.4, -0.2) is 35.4 Å². The number of non-ortho nitro benzene ring substituents is 1. The zero-order valence-electron chi connectivity index (χ0n) is 21.1. The Bertz CT molecular complexity index is 1470. The van der Waals surface area contributed by atoms with Gasteiger partial charge in [0.15, 0.2) is 6.10 Å². The minimum atomic E-state index is -1.12. The van der Waals surface area contributed by atoms with Gasteiger partial charge in [-0.05, 0) is 55.9 Å². The number of imide groups is 1. The highest BCUT2D eigenvalue weighted by Gasteiger charge is 2.61. The quantitative estimate of drug-likeness (QED) is 0.188. The summed E-state index contributed by atoms with van der Waals surface area (Å²) in [6.07, 6.45) is 2.23. The number of carbonyl (C=O) groups is 3. The fourth-order valence-electron chi connectivity index (χ4n) is 5.67. The number of aryl methyl sites for hydroxylation is 1. The van der Waals surface area contributed by atoms with E-state index >= 15 is 0 Å². The van der Waals surface area contributed by atoms with E-state index in [2.05, 4.69) is 0 Å². The third-order valence-electron chi connectivity index (χ3n) is 7.41. The van der Waals surface area contributed by atoms with E-state index in [1.54, 1.807) is 31.2 Å². The molecule has 10 nitrogen and oxygen atoms in total. The fraction of sp³-hybridized carbons (Fsp3) is 0.321. The number of nitro benzene ring substituents is 1. The van der Waals surface area contributed by atoms with Crippen LogP contribution in [-0.2, 0) is 32.0 Å². The Morgan fingerprint density at radius 1 is 1.08 bits per heavy atom. The summed E-state index contributed by atoms with van der Waals surface area (Å²) < 4.78 is 5.34. The van der Waals surface area contributed by atoms with Gasteiger partial charge in [-0.1, -0.05) is 30.3 Å². The van der Waals surface area contributed by atoms with Crippen LogP contribution in [0.25, 0.3) is 0 Å². The van der Waals surface area contributed by atoms with Crippen molar-refractivity contribution in [1.82, 2.24) is 0 Å². The monoisotopic (exact) mass is 547 g/mol. The van der Waals surface area contributed by atoms with Gasteiger partial charge in [0.25, 0.3) is 11.6 Å². The maximum absolute atomic E-state index is 14.1. The van der Waals surface area contributed by atoms with Crippen molar-refractivity contribution in [3.05, 3.63) is 86.3 Å². The molecular formula is C28H25N3O7S. The third kappa shape index (κ3) is 4.09. The van der Waals surface area contributed by atoms with Crippen molar-refractivity contribution in [2.75, 3.05) is 16.6 Å². The number of ether oxygens (including phenoxy) is 1. The minimum Gasteiger partial charge on any atom is -0.462 e. The first-order chi connectivity index (χ1) is 18.9. The molecule has 1 aromatic heterocycles. The van der Waals surface area contributed by atoms with Gasteiger partial charge in [0, 0.05) is 17.0 Å². The second-order valence-corrected chi connectivity index (χ2v) is 10.7. The summed E-state index contributed by atoms with van der Waals surface area (Å²) in [5.41, 5.74) is 2.30. The molecule has 2 saturated heterocycles. The zero-order chi connectivity index (χ0) is 27.3.